The van der Waals surface area contributed by atoms with Crippen molar-refractivity contribution in [3.8, 4) is 0 Å². The lowest BCUT2D eigenvalue weighted by molar-refractivity contribution is 0.0270. The molecule has 22 heavy (non-hydrogen) atoms. The minimum atomic E-state index is -0.451. The maximum absolute atomic E-state index is 12.1. The number of rotatable bonds is 1. The Kier molecular flexibility index (Phi) is 3.91. The van der Waals surface area contributed by atoms with Gasteiger partial charge in [-0.1, -0.05) is 18.2 Å². The minimum absolute atomic E-state index is 0.241. The summed E-state index contributed by atoms with van der Waals surface area (Å²) < 4.78 is 6.62. The van der Waals surface area contributed by atoms with Gasteiger partial charge in [0.2, 0.25) is 0 Å². The second kappa shape index (κ2) is 5.72. The van der Waals surface area contributed by atoms with Crippen molar-refractivity contribution < 1.29 is 9.53 Å². The van der Waals surface area contributed by atoms with Crippen LogP contribution in [0.2, 0.25) is 0 Å². The number of amides is 1. The number of benzene rings is 1. The second-order valence-corrected chi connectivity index (χ2v) is 7.30. The van der Waals surface area contributed by atoms with E-state index in [1.54, 1.807) is 16.2 Å². The predicted molar refractivity (Wildman–Crippen MR) is 90.0 cm³/mol. The summed E-state index contributed by atoms with van der Waals surface area (Å²) in [6.07, 6.45) is 2.70. The summed E-state index contributed by atoms with van der Waals surface area (Å²) in [6, 6.07) is 6.26. The van der Waals surface area contributed by atoms with Crippen molar-refractivity contribution in [2.24, 2.45) is 0 Å². The van der Waals surface area contributed by atoms with Crippen molar-refractivity contribution in [2.45, 2.75) is 32.8 Å². The molecule has 0 radical (unpaired) electrons. The van der Waals surface area contributed by atoms with E-state index in [0.717, 1.165) is 11.9 Å². The predicted octanol–water partition coefficient (Wildman–Crippen LogP) is 4.32. The Morgan fingerprint density at radius 1 is 1.36 bits per heavy atom. The molecule has 1 aliphatic rings. The van der Waals surface area contributed by atoms with Crippen molar-refractivity contribution in [2.75, 3.05) is 13.1 Å². The highest BCUT2D eigenvalue weighted by Crippen LogP contribution is 2.30. The van der Waals surface area contributed by atoms with Crippen LogP contribution in [0.1, 0.15) is 32.8 Å². The van der Waals surface area contributed by atoms with Gasteiger partial charge in [0.05, 0.1) is 15.7 Å². The molecular weight excluding hydrogens is 296 g/mol. The van der Waals surface area contributed by atoms with Gasteiger partial charge in [0.25, 0.3) is 0 Å². The first-order valence-corrected chi connectivity index (χ1v) is 8.31. The molecule has 0 atom stereocenters. The quantitative estimate of drug-likeness (QED) is 0.787. The normalized spacial score (nSPS) is 15.8. The van der Waals surface area contributed by atoms with Crippen LogP contribution in [0, 0.1) is 0 Å². The Bertz CT molecular complexity index is 728. The molecule has 1 aliphatic heterocycles. The van der Waals surface area contributed by atoms with Crippen LogP contribution in [0.4, 0.5) is 4.79 Å². The molecule has 0 unspecified atom stereocenters. The van der Waals surface area contributed by atoms with E-state index in [-0.39, 0.29) is 6.09 Å². The van der Waals surface area contributed by atoms with Crippen LogP contribution in [0.15, 0.2) is 29.8 Å². The lowest BCUT2D eigenvalue weighted by atomic mass is 9.99. The van der Waals surface area contributed by atoms with Crippen molar-refractivity contribution in [3.05, 3.63) is 35.3 Å². The van der Waals surface area contributed by atoms with Crippen LogP contribution in [0.25, 0.3) is 15.8 Å². The van der Waals surface area contributed by atoms with Gasteiger partial charge in [-0.15, -0.1) is 11.3 Å². The molecule has 1 aromatic carbocycles. The van der Waals surface area contributed by atoms with E-state index in [4.69, 9.17) is 4.74 Å². The lowest BCUT2D eigenvalue weighted by Crippen LogP contribution is -2.39. The van der Waals surface area contributed by atoms with E-state index < -0.39 is 5.60 Å². The molecular formula is C17H20N2O2S. The molecule has 0 fully saturated rings. The Hall–Kier alpha value is -1.88. The van der Waals surface area contributed by atoms with Crippen LogP contribution < -0.4 is 0 Å². The Morgan fingerprint density at radius 3 is 2.86 bits per heavy atom. The maximum Gasteiger partial charge on any atom is 0.410 e. The van der Waals surface area contributed by atoms with Crippen molar-refractivity contribution in [1.29, 1.82) is 0 Å². The van der Waals surface area contributed by atoms with E-state index in [2.05, 4.69) is 29.3 Å². The molecule has 0 aliphatic carbocycles. The average molecular weight is 316 g/mol. The first kappa shape index (κ1) is 15.0. The highest BCUT2D eigenvalue weighted by molar-refractivity contribution is 7.16. The smallest absolute Gasteiger partial charge is 0.410 e. The fourth-order valence-corrected chi connectivity index (χ4v) is 3.25. The summed E-state index contributed by atoms with van der Waals surface area (Å²) in [6.45, 7) is 6.93. The minimum Gasteiger partial charge on any atom is -0.444 e. The van der Waals surface area contributed by atoms with Gasteiger partial charge >= 0.3 is 6.09 Å². The van der Waals surface area contributed by atoms with Gasteiger partial charge in [-0.25, -0.2) is 9.78 Å². The zero-order valence-corrected chi connectivity index (χ0v) is 13.9. The number of fused-ring (bicyclic) bond motifs is 1. The van der Waals surface area contributed by atoms with E-state index in [1.807, 2.05) is 26.3 Å². The van der Waals surface area contributed by atoms with Gasteiger partial charge in [0, 0.05) is 18.7 Å². The molecule has 2 aromatic rings. The van der Waals surface area contributed by atoms with E-state index in [0.29, 0.717) is 13.1 Å². The highest BCUT2D eigenvalue weighted by Gasteiger charge is 2.24. The zero-order chi connectivity index (χ0) is 15.7. The van der Waals surface area contributed by atoms with Crippen LogP contribution in [0.5, 0.6) is 0 Å². The number of hydrogen-bond donors (Lipinski definition) is 0. The van der Waals surface area contributed by atoms with Crippen LogP contribution in [0.3, 0.4) is 0 Å². The van der Waals surface area contributed by atoms with E-state index in [9.17, 15) is 4.79 Å². The van der Waals surface area contributed by atoms with Crippen LogP contribution in [-0.4, -0.2) is 34.7 Å². The van der Waals surface area contributed by atoms with Crippen LogP contribution in [-0.2, 0) is 4.74 Å². The Labute approximate surface area is 134 Å². The molecule has 4 nitrogen and oxygen atoms in total. The summed E-state index contributed by atoms with van der Waals surface area (Å²) in [5.74, 6) is 0. The average Bonchev–Trinajstić information content (AvgIpc) is 2.94. The number of hydrogen-bond acceptors (Lipinski definition) is 4. The molecule has 2 heterocycles. The van der Waals surface area contributed by atoms with Gasteiger partial charge in [-0.05, 0) is 38.8 Å². The van der Waals surface area contributed by atoms with Gasteiger partial charge in [-0.3, -0.25) is 0 Å². The van der Waals surface area contributed by atoms with Crippen LogP contribution >= 0.6 is 11.3 Å². The van der Waals surface area contributed by atoms with E-state index in [1.165, 1.54) is 15.8 Å². The molecule has 0 bridgehead atoms. The summed E-state index contributed by atoms with van der Waals surface area (Å²) in [5, 5.41) is 0. The van der Waals surface area contributed by atoms with Crippen molar-refractivity contribution >= 4 is 33.2 Å². The summed E-state index contributed by atoms with van der Waals surface area (Å²) >= 11 is 1.65. The third kappa shape index (κ3) is 3.14. The fraction of sp³-hybridized carbons (Fsp3) is 0.412. The zero-order valence-electron chi connectivity index (χ0n) is 13.1. The molecule has 3 rings (SSSR count). The fourth-order valence-electron chi connectivity index (χ4n) is 2.55. The maximum atomic E-state index is 12.1. The number of carbonyl (C=O) groups excluding carboxylic acids is 1. The summed E-state index contributed by atoms with van der Waals surface area (Å²) in [5.41, 5.74) is 4.93. The molecule has 5 heteroatoms. The largest absolute Gasteiger partial charge is 0.444 e. The van der Waals surface area contributed by atoms with Crippen molar-refractivity contribution in [3.63, 3.8) is 0 Å². The SMILES string of the molecule is CC(C)(C)OC(=O)N1CC=C(c2cccc3scnc23)CC1. The molecule has 0 N–H and O–H groups in total. The number of para-hydroxylation sites is 1. The number of aromatic nitrogens is 1. The number of nitrogens with zero attached hydrogens (tertiary/aromatic N) is 2. The topological polar surface area (TPSA) is 42.4 Å². The number of carbonyl (C=O) groups is 1. The number of thiazole rings is 1. The molecule has 1 amide bonds. The third-order valence-corrected chi connectivity index (χ3v) is 4.36. The van der Waals surface area contributed by atoms with E-state index >= 15 is 0 Å². The van der Waals surface area contributed by atoms with Gasteiger partial charge in [0.1, 0.15) is 5.60 Å². The Balaban J connectivity index is 1.77. The summed E-state index contributed by atoms with van der Waals surface area (Å²) in [4.78, 5) is 18.3. The van der Waals surface area contributed by atoms with Gasteiger partial charge in [-0.2, -0.15) is 0 Å². The standard InChI is InChI=1S/C17H20N2O2S/c1-17(2,3)21-16(20)19-9-7-12(8-10-19)13-5-4-6-14-15(13)18-11-22-14/h4-7,11H,8-10H2,1-3H3. The molecule has 0 saturated heterocycles. The first-order valence-electron chi connectivity index (χ1n) is 7.43. The molecule has 1 aromatic heterocycles. The second-order valence-electron chi connectivity index (χ2n) is 6.41. The number of ether oxygens (including phenoxy) is 1. The lowest BCUT2D eigenvalue weighted by Gasteiger charge is -2.29. The van der Waals surface area contributed by atoms with Gasteiger partial charge in [0.15, 0.2) is 0 Å². The van der Waals surface area contributed by atoms with Crippen molar-refractivity contribution in [1.82, 2.24) is 9.88 Å². The highest BCUT2D eigenvalue weighted by atomic mass is 32.1. The summed E-state index contributed by atoms with van der Waals surface area (Å²) in [7, 11) is 0. The Morgan fingerprint density at radius 2 is 2.18 bits per heavy atom. The third-order valence-electron chi connectivity index (χ3n) is 3.57. The molecule has 0 spiro atoms. The molecule has 0 saturated carbocycles. The van der Waals surface area contributed by atoms with Gasteiger partial charge < -0.3 is 9.64 Å². The molecule has 116 valence electrons. The monoisotopic (exact) mass is 316 g/mol. The first-order chi connectivity index (χ1) is 10.4.